The zero-order chi connectivity index (χ0) is 11.5. The number of rotatable bonds is 6. The molecule has 1 saturated carbocycles. The molecule has 0 aromatic rings. The molecule has 0 bridgehead atoms. The Morgan fingerprint density at radius 1 is 1.53 bits per heavy atom. The second kappa shape index (κ2) is 4.94. The average molecular weight is 235 g/mol. The summed E-state index contributed by atoms with van der Waals surface area (Å²) < 4.78 is 30.0. The third-order valence-electron chi connectivity index (χ3n) is 2.15. The van der Waals surface area contributed by atoms with Gasteiger partial charge in [-0.25, -0.2) is 13.1 Å². The predicted octanol–water partition coefficient (Wildman–Crippen LogP) is 0.267. The minimum Gasteiger partial charge on any atom is -0.465 e. The molecule has 0 saturated heterocycles. The van der Waals surface area contributed by atoms with Gasteiger partial charge in [0.1, 0.15) is 6.04 Å². The summed E-state index contributed by atoms with van der Waals surface area (Å²) in [5.41, 5.74) is 0. The van der Waals surface area contributed by atoms with E-state index in [0.29, 0.717) is 0 Å². The highest BCUT2D eigenvalue weighted by Gasteiger charge is 2.30. The zero-order valence-electron chi connectivity index (χ0n) is 9.02. The van der Waals surface area contributed by atoms with Gasteiger partial charge >= 0.3 is 5.97 Å². The van der Waals surface area contributed by atoms with E-state index in [-0.39, 0.29) is 18.3 Å². The normalized spacial score (nSPS) is 18.5. The molecule has 0 aromatic carbocycles. The average Bonchev–Trinajstić information content (AvgIpc) is 2.86. The van der Waals surface area contributed by atoms with E-state index in [1.807, 2.05) is 0 Å². The number of sulfonamides is 1. The Bertz CT molecular complexity index is 321. The highest BCUT2D eigenvalue weighted by molar-refractivity contribution is 7.89. The molecule has 1 aliphatic carbocycles. The maximum absolute atomic E-state index is 11.5. The first-order valence-corrected chi connectivity index (χ1v) is 6.76. The smallest absolute Gasteiger partial charge is 0.323 e. The Kier molecular flexibility index (Phi) is 4.10. The van der Waals surface area contributed by atoms with Gasteiger partial charge in [-0.1, -0.05) is 0 Å². The number of esters is 1. The Hall–Kier alpha value is -0.620. The lowest BCUT2D eigenvalue weighted by Crippen LogP contribution is -2.40. The van der Waals surface area contributed by atoms with Crippen molar-refractivity contribution in [1.29, 1.82) is 0 Å². The van der Waals surface area contributed by atoms with Crippen molar-refractivity contribution in [2.24, 2.45) is 5.92 Å². The van der Waals surface area contributed by atoms with Crippen LogP contribution in [0.1, 0.15) is 26.7 Å². The Labute approximate surface area is 90.2 Å². The summed E-state index contributed by atoms with van der Waals surface area (Å²) in [5.74, 6) is -0.134. The Balaban J connectivity index is 2.41. The molecule has 1 rings (SSSR count). The summed E-state index contributed by atoms with van der Waals surface area (Å²) in [6.45, 7) is 3.43. The van der Waals surface area contributed by atoms with E-state index in [0.717, 1.165) is 12.8 Å². The first-order valence-electron chi connectivity index (χ1n) is 5.11. The molecule has 0 radical (unpaired) electrons. The van der Waals surface area contributed by atoms with Crippen LogP contribution >= 0.6 is 0 Å². The van der Waals surface area contributed by atoms with Crippen molar-refractivity contribution in [3.8, 4) is 0 Å². The van der Waals surface area contributed by atoms with E-state index in [2.05, 4.69) is 4.72 Å². The number of nitrogens with one attached hydrogen (secondary N) is 1. The second-order valence-electron chi connectivity index (χ2n) is 3.82. The summed E-state index contributed by atoms with van der Waals surface area (Å²) in [5, 5.41) is 0. The minimum atomic E-state index is -3.33. The molecule has 5 nitrogen and oxygen atoms in total. The first-order chi connectivity index (χ1) is 6.94. The van der Waals surface area contributed by atoms with Crippen LogP contribution in [0.15, 0.2) is 0 Å². The minimum absolute atomic E-state index is 0.122. The summed E-state index contributed by atoms with van der Waals surface area (Å²) in [4.78, 5) is 11.2. The zero-order valence-corrected chi connectivity index (χ0v) is 9.84. The van der Waals surface area contributed by atoms with Crippen LogP contribution in [0.4, 0.5) is 0 Å². The van der Waals surface area contributed by atoms with Crippen molar-refractivity contribution in [2.75, 3.05) is 12.4 Å². The number of hydrogen-bond acceptors (Lipinski definition) is 4. The lowest BCUT2D eigenvalue weighted by molar-refractivity contribution is -0.144. The molecule has 88 valence electrons. The van der Waals surface area contributed by atoms with Crippen LogP contribution in [0.3, 0.4) is 0 Å². The van der Waals surface area contributed by atoms with Crippen LogP contribution in [-0.4, -0.2) is 32.8 Å². The van der Waals surface area contributed by atoms with Gasteiger partial charge in [0, 0.05) is 0 Å². The van der Waals surface area contributed by atoms with Gasteiger partial charge < -0.3 is 4.74 Å². The van der Waals surface area contributed by atoms with Gasteiger partial charge in [0.25, 0.3) is 0 Å². The van der Waals surface area contributed by atoms with E-state index < -0.39 is 22.0 Å². The van der Waals surface area contributed by atoms with Crippen LogP contribution in [0.2, 0.25) is 0 Å². The molecule has 1 aliphatic rings. The van der Waals surface area contributed by atoms with Crippen molar-refractivity contribution in [2.45, 2.75) is 32.7 Å². The fourth-order valence-electron chi connectivity index (χ4n) is 1.23. The number of carbonyl (C=O) groups is 1. The van der Waals surface area contributed by atoms with Crippen molar-refractivity contribution >= 4 is 16.0 Å². The third kappa shape index (κ3) is 4.61. The quantitative estimate of drug-likeness (QED) is 0.671. The fourth-order valence-corrected chi connectivity index (χ4v) is 2.91. The summed E-state index contributed by atoms with van der Waals surface area (Å²) >= 11 is 0. The molecule has 1 atom stereocenters. The lowest BCUT2D eigenvalue weighted by atomic mass is 10.4. The SMILES string of the molecule is CCOC(=O)C(C)NS(=O)(=O)CC1CC1. The highest BCUT2D eigenvalue weighted by atomic mass is 32.2. The van der Waals surface area contributed by atoms with E-state index >= 15 is 0 Å². The topological polar surface area (TPSA) is 72.5 Å². The number of hydrogen-bond donors (Lipinski definition) is 1. The molecule has 15 heavy (non-hydrogen) atoms. The molecule has 1 unspecified atom stereocenters. The maximum Gasteiger partial charge on any atom is 0.323 e. The molecule has 0 heterocycles. The standard InChI is InChI=1S/C9H17NO4S/c1-3-14-9(11)7(2)10-15(12,13)6-8-4-5-8/h7-8,10H,3-6H2,1-2H3. The van der Waals surface area contributed by atoms with Crippen LogP contribution in [0.25, 0.3) is 0 Å². The molecule has 1 N–H and O–H groups in total. The fraction of sp³-hybridized carbons (Fsp3) is 0.889. The van der Waals surface area contributed by atoms with Crippen molar-refractivity contribution in [3.63, 3.8) is 0 Å². The van der Waals surface area contributed by atoms with Crippen LogP contribution in [0, 0.1) is 5.92 Å². The molecule has 0 spiro atoms. The van der Waals surface area contributed by atoms with E-state index in [4.69, 9.17) is 4.74 Å². The van der Waals surface area contributed by atoms with Crippen LogP contribution < -0.4 is 4.72 Å². The van der Waals surface area contributed by atoms with Gasteiger partial charge in [-0.2, -0.15) is 0 Å². The molecule has 6 heteroatoms. The Morgan fingerprint density at radius 2 is 2.13 bits per heavy atom. The van der Waals surface area contributed by atoms with Crippen LogP contribution in [0.5, 0.6) is 0 Å². The second-order valence-corrected chi connectivity index (χ2v) is 5.61. The summed E-state index contributed by atoms with van der Waals surface area (Å²) in [7, 11) is -3.33. The molecular weight excluding hydrogens is 218 g/mol. The molecular formula is C9H17NO4S. The van der Waals surface area contributed by atoms with Crippen molar-refractivity contribution in [1.82, 2.24) is 4.72 Å². The summed E-state index contributed by atoms with van der Waals surface area (Å²) in [6, 6.07) is -0.798. The van der Waals surface area contributed by atoms with Gasteiger partial charge in [-0.05, 0) is 32.6 Å². The number of ether oxygens (including phenoxy) is 1. The largest absolute Gasteiger partial charge is 0.465 e. The molecule has 0 aliphatic heterocycles. The van der Waals surface area contributed by atoms with E-state index in [1.165, 1.54) is 6.92 Å². The van der Waals surface area contributed by atoms with E-state index in [9.17, 15) is 13.2 Å². The van der Waals surface area contributed by atoms with Gasteiger partial charge in [0.05, 0.1) is 12.4 Å². The Morgan fingerprint density at radius 3 is 2.60 bits per heavy atom. The van der Waals surface area contributed by atoms with E-state index in [1.54, 1.807) is 6.92 Å². The van der Waals surface area contributed by atoms with Gasteiger partial charge in [0.15, 0.2) is 0 Å². The third-order valence-corrected chi connectivity index (χ3v) is 3.77. The van der Waals surface area contributed by atoms with Crippen LogP contribution in [-0.2, 0) is 19.6 Å². The van der Waals surface area contributed by atoms with Gasteiger partial charge in [-0.3, -0.25) is 4.79 Å². The summed E-state index contributed by atoms with van der Waals surface area (Å²) in [6.07, 6.45) is 1.93. The maximum atomic E-state index is 11.5. The van der Waals surface area contributed by atoms with Crippen molar-refractivity contribution in [3.05, 3.63) is 0 Å². The monoisotopic (exact) mass is 235 g/mol. The number of carbonyl (C=O) groups excluding carboxylic acids is 1. The first kappa shape index (κ1) is 12.4. The van der Waals surface area contributed by atoms with Gasteiger partial charge in [-0.15, -0.1) is 0 Å². The van der Waals surface area contributed by atoms with Crippen molar-refractivity contribution < 1.29 is 17.9 Å². The molecule has 0 amide bonds. The lowest BCUT2D eigenvalue weighted by Gasteiger charge is -2.12. The predicted molar refractivity (Wildman–Crippen MR) is 55.7 cm³/mol. The highest BCUT2D eigenvalue weighted by Crippen LogP contribution is 2.29. The molecule has 0 aromatic heterocycles. The molecule has 1 fully saturated rings. The van der Waals surface area contributed by atoms with Gasteiger partial charge in [0.2, 0.25) is 10.0 Å².